The molecule has 1 aliphatic heterocycles. The van der Waals surface area contributed by atoms with E-state index in [0.29, 0.717) is 24.9 Å². The molecule has 4 heterocycles. The molecule has 11 heteroatoms. The van der Waals surface area contributed by atoms with E-state index in [4.69, 9.17) is 20.4 Å². The van der Waals surface area contributed by atoms with Gasteiger partial charge in [-0.1, -0.05) is 0 Å². The van der Waals surface area contributed by atoms with Crippen LogP contribution in [0.4, 0.5) is 11.9 Å². The fourth-order valence-electron chi connectivity index (χ4n) is 2.85. The first-order valence-electron chi connectivity index (χ1n) is 8.28. The molecular formula is C16H22Cl2N8O. The number of imidazole rings is 1. The fourth-order valence-corrected chi connectivity index (χ4v) is 2.85. The quantitative estimate of drug-likeness (QED) is 0.696. The Kier molecular flexibility index (Phi) is 6.74. The normalized spacial score (nSPS) is 14.1. The summed E-state index contributed by atoms with van der Waals surface area (Å²) in [5.41, 5.74) is 8.63. The van der Waals surface area contributed by atoms with E-state index >= 15 is 0 Å². The topological polar surface area (TPSA) is 108 Å². The molecular weight excluding hydrogens is 391 g/mol. The number of aromatic nitrogens is 6. The molecule has 1 saturated heterocycles. The third-order valence-corrected chi connectivity index (χ3v) is 4.21. The van der Waals surface area contributed by atoms with Crippen molar-refractivity contribution in [2.45, 2.75) is 19.9 Å². The van der Waals surface area contributed by atoms with Gasteiger partial charge in [-0.25, -0.2) is 19.9 Å². The van der Waals surface area contributed by atoms with Crippen molar-refractivity contribution in [3.05, 3.63) is 18.7 Å². The molecule has 1 aliphatic rings. The Morgan fingerprint density at radius 2 is 1.70 bits per heavy atom. The molecule has 3 aromatic rings. The lowest BCUT2D eigenvalue weighted by Crippen LogP contribution is -2.37. The molecule has 0 unspecified atom stereocenters. The van der Waals surface area contributed by atoms with Crippen LogP contribution in [0.25, 0.3) is 22.4 Å². The van der Waals surface area contributed by atoms with Gasteiger partial charge in [-0.2, -0.15) is 4.98 Å². The van der Waals surface area contributed by atoms with E-state index < -0.39 is 0 Å². The van der Waals surface area contributed by atoms with Gasteiger partial charge in [0.25, 0.3) is 0 Å². The first kappa shape index (κ1) is 21.1. The van der Waals surface area contributed by atoms with Crippen molar-refractivity contribution >= 4 is 47.9 Å². The van der Waals surface area contributed by atoms with Crippen LogP contribution >= 0.6 is 24.8 Å². The average Bonchev–Trinajstić information content (AvgIpc) is 3.07. The number of fused-ring (bicyclic) bond motifs is 1. The number of nitrogen functional groups attached to an aromatic ring is 1. The molecule has 146 valence electrons. The zero-order valence-electron chi connectivity index (χ0n) is 15.1. The minimum atomic E-state index is 0. The smallest absolute Gasteiger partial charge is 0.228 e. The van der Waals surface area contributed by atoms with Gasteiger partial charge in [0, 0.05) is 37.1 Å². The molecule has 27 heavy (non-hydrogen) atoms. The number of nitrogens with two attached hydrogens (primary N) is 1. The maximum absolute atomic E-state index is 5.61. The average molecular weight is 413 g/mol. The van der Waals surface area contributed by atoms with Crippen molar-refractivity contribution in [2.24, 2.45) is 0 Å². The fraction of sp³-hybridized carbons (Fsp3) is 0.438. The van der Waals surface area contributed by atoms with Gasteiger partial charge in [-0.15, -0.1) is 24.8 Å². The lowest BCUT2D eigenvalue weighted by atomic mass is 10.2. The molecule has 9 nitrogen and oxygen atoms in total. The minimum Gasteiger partial charge on any atom is -0.378 e. The molecule has 0 spiro atoms. The van der Waals surface area contributed by atoms with Gasteiger partial charge >= 0.3 is 0 Å². The van der Waals surface area contributed by atoms with Crippen molar-refractivity contribution < 1.29 is 4.74 Å². The highest BCUT2D eigenvalue weighted by Crippen LogP contribution is 2.28. The van der Waals surface area contributed by atoms with Crippen molar-refractivity contribution in [1.82, 2.24) is 29.5 Å². The Balaban J connectivity index is 0.00000131. The Morgan fingerprint density at radius 1 is 1.04 bits per heavy atom. The number of rotatable bonds is 3. The van der Waals surface area contributed by atoms with E-state index in [1.807, 2.05) is 4.57 Å². The molecule has 2 N–H and O–H groups in total. The third kappa shape index (κ3) is 4.05. The number of halogens is 2. The second-order valence-corrected chi connectivity index (χ2v) is 6.22. The summed E-state index contributed by atoms with van der Waals surface area (Å²) >= 11 is 0. The van der Waals surface area contributed by atoms with Crippen molar-refractivity contribution in [2.75, 3.05) is 36.9 Å². The van der Waals surface area contributed by atoms with E-state index in [2.05, 4.69) is 33.7 Å². The SMILES string of the molecule is CC(C)n1cnc2c(-c3cnc(N)nc3)nc(N3CCOCC3)nc21.Cl.Cl. The van der Waals surface area contributed by atoms with Gasteiger partial charge in [0.05, 0.1) is 19.5 Å². The van der Waals surface area contributed by atoms with Crippen LogP contribution in [0.5, 0.6) is 0 Å². The summed E-state index contributed by atoms with van der Waals surface area (Å²) in [5, 5.41) is 0. The predicted molar refractivity (Wildman–Crippen MR) is 109 cm³/mol. The van der Waals surface area contributed by atoms with Gasteiger partial charge in [0.1, 0.15) is 11.2 Å². The third-order valence-electron chi connectivity index (χ3n) is 4.21. The number of morpholine rings is 1. The first-order chi connectivity index (χ1) is 12.1. The molecule has 0 amide bonds. The summed E-state index contributed by atoms with van der Waals surface area (Å²) in [7, 11) is 0. The number of ether oxygens (including phenoxy) is 1. The number of nitrogens with zero attached hydrogens (tertiary/aromatic N) is 7. The van der Waals surface area contributed by atoms with E-state index in [9.17, 15) is 0 Å². The molecule has 0 bridgehead atoms. The number of anilines is 2. The van der Waals surface area contributed by atoms with Gasteiger partial charge < -0.3 is 19.9 Å². The lowest BCUT2D eigenvalue weighted by Gasteiger charge is -2.27. The molecule has 1 fully saturated rings. The van der Waals surface area contributed by atoms with Crippen LogP contribution < -0.4 is 10.6 Å². The monoisotopic (exact) mass is 412 g/mol. The summed E-state index contributed by atoms with van der Waals surface area (Å²) < 4.78 is 7.48. The van der Waals surface area contributed by atoms with E-state index in [1.54, 1.807) is 18.7 Å². The Hall–Kier alpha value is -2.23. The summed E-state index contributed by atoms with van der Waals surface area (Å²) in [6.07, 6.45) is 5.14. The summed E-state index contributed by atoms with van der Waals surface area (Å²) in [4.78, 5) is 24.4. The van der Waals surface area contributed by atoms with Crippen LogP contribution in [-0.2, 0) is 4.74 Å². The second-order valence-electron chi connectivity index (χ2n) is 6.22. The van der Waals surface area contributed by atoms with Gasteiger partial charge in [-0.3, -0.25) is 0 Å². The molecule has 0 aromatic carbocycles. The molecule has 0 radical (unpaired) electrons. The zero-order chi connectivity index (χ0) is 17.4. The molecule has 4 rings (SSSR count). The highest BCUT2D eigenvalue weighted by Gasteiger charge is 2.21. The van der Waals surface area contributed by atoms with E-state index in [1.165, 1.54) is 0 Å². The van der Waals surface area contributed by atoms with Crippen molar-refractivity contribution in [3.63, 3.8) is 0 Å². The Labute approximate surface area is 169 Å². The molecule has 0 aliphatic carbocycles. The van der Waals surface area contributed by atoms with Gasteiger partial charge in [-0.05, 0) is 13.8 Å². The maximum Gasteiger partial charge on any atom is 0.228 e. The molecule has 0 saturated carbocycles. The van der Waals surface area contributed by atoms with Crippen molar-refractivity contribution in [3.8, 4) is 11.3 Å². The van der Waals surface area contributed by atoms with Crippen LogP contribution in [0.3, 0.4) is 0 Å². The first-order valence-corrected chi connectivity index (χ1v) is 8.28. The largest absolute Gasteiger partial charge is 0.378 e. The van der Waals surface area contributed by atoms with Crippen LogP contribution in [-0.4, -0.2) is 55.8 Å². The predicted octanol–water partition coefficient (Wildman–Crippen LogP) is 2.13. The van der Waals surface area contributed by atoms with Crippen molar-refractivity contribution in [1.29, 1.82) is 0 Å². The van der Waals surface area contributed by atoms with Crippen LogP contribution in [0.15, 0.2) is 18.7 Å². The lowest BCUT2D eigenvalue weighted by molar-refractivity contribution is 0.122. The highest BCUT2D eigenvalue weighted by molar-refractivity contribution is 5.88. The molecule has 3 aromatic heterocycles. The maximum atomic E-state index is 5.61. The van der Waals surface area contributed by atoms with Crippen LogP contribution in [0.1, 0.15) is 19.9 Å². The van der Waals surface area contributed by atoms with E-state index in [0.717, 1.165) is 29.8 Å². The Bertz CT molecular complexity index is 893. The van der Waals surface area contributed by atoms with Crippen LogP contribution in [0.2, 0.25) is 0 Å². The summed E-state index contributed by atoms with van der Waals surface area (Å²) in [6.45, 7) is 7.07. The standard InChI is InChI=1S/C16H20N8O.2ClH/c1-10(2)24-9-20-13-12(11-7-18-15(17)19-8-11)21-16(22-14(13)24)23-3-5-25-6-4-23;;/h7-10H,3-6H2,1-2H3,(H2,17,18,19);2*1H. The Morgan fingerprint density at radius 3 is 2.33 bits per heavy atom. The molecule has 0 atom stereocenters. The van der Waals surface area contributed by atoms with Gasteiger partial charge in [0.2, 0.25) is 11.9 Å². The van der Waals surface area contributed by atoms with Crippen LogP contribution in [0, 0.1) is 0 Å². The zero-order valence-corrected chi connectivity index (χ0v) is 16.7. The number of hydrogen-bond acceptors (Lipinski definition) is 8. The second kappa shape index (κ2) is 8.64. The number of hydrogen-bond donors (Lipinski definition) is 1. The summed E-state index contributed by atoms with van der Waals surface area (Å²) in [6, 6.07) is 0.243. The van der Waals surface area contributed by atoms with E-state index in [-0.39, 0.29) is 36.8 Å². The highest BCUT2D eigenvalue weighted by atomic mass is 35.5. The van der Waals surface area contributed by atoms with Gasteiger partial charge in [0.15, 0.2) is 5.65 Å². The minimum absolute atomic E-state index is 0. The summed E-state index contributed by atoms with van der Waals surface area (Å²) in [5.74, 6) is 0.903.